The van der Waals surface area contributed by atoms with Gasteiger partial charge in [-0.2, -0.15) is 0 Å². The molecule has 1 saturated heterocycles. The van der Waals surface area contributed by atoms with Crippen molar-refractivity contribution in [2.75, 3.05) is 36.4 Å². The molecule has 5 nitrogen and oxygen atoms in total. The number of pyridine rings is 1. The molecule has 1 aliphatic heterocycles. The summed E-state index contributed by atoms with van der Waals surface area (Å²) in [5, 5.41) is 3.31. The highest BCUT2D eigenvalue weighted by Gasteiger charge is 2.22. The SMILES string of the molecule is Cc1cccc(N2CCN(C(=O)c3ccnc(Nc4ccccc4C)c3)CC2)c1. The predicted octanol–water partition coefficient (Wildman–Crippen LogP) is 4.40. The number of carbonyl (C=O) groups is 1. The van der Waals surface area contributed by atoms with Gasteiger partial charge in [0.2, 0.25) is 0 Å². The van der Waals surface area contributed by atoms with Crippen LogP contribution in [0.3, 0.4) is 0 Å². The van der Waals surface area contributed by atoms with E-state index in [0.29, 0.717) is 11.4 Å². The van der Waals surface area contributed by atoms with Crippen molar-refractivity contribution >= 4 is 23.1 Å². The minimum absolute atomic E-state index is 0.0594. The van der Waals surface area contributed by atoms with Gasteiger partial charge >= 0.3 is 0 Å². The third-order valence-electron chi connectivity index (χ3n) is 5.35. The molecule has 0 aliphatic carbocycles. The summed E-state index contributed by atoms with van der Waals surface area (Å²) in [6, 6.07) is 20.2. The van der Waals surface area contributed by atoms with Crippen molar-refractivity contribution in [3.8, 4) is 0 Å². The van der Waals surface area contributed by atoms with E-state index in [1.54, 1.807) is 12.3 Å². The van der Waals surface area contributed by atoms with Gasteiger partial charge in [-0.1, -0.05) is 30.3 Å². The maximum atomic E-state index is 13.0. The number of rotatable bonds is 4. The molecule has 2 aromatic carbocycles. The predicted molar refractivity (Wildman–Crippen MR) is 118 cm³/mol. The summed E-state index contributed by atoms with van der Waals surface area (Å²) >= 11 is 0. The van der Waals surface area contributed by atoms with Crippen LogP contribution >= 0.6 is 0 Å². The van der Waals surface area contributed by atoms with Crippen molar-refractivity contribution in [2.24, 2.45) is 0 Å². The maximum Gasteiger partial charge on any atom is 0.254 e. The van der Waals surface area contributed by atoms with Crippen LogP contribution in [0.15, 0.2) is 66.9 Å². The number of benzene rings is 2. The minimum Gasteiger partial charge on any atom is -0.368 e. The molecule has 1 fully saturated rings. The van der Waals surface area contributed by atoms with Gasteiger partial charge in [0.1, 0.15) is 5.82 Å². The van der Waals surface area contributed by atoms with E-state index in [9.17, 15) is 4.79 Å². The van der Waals surface area contributed by atoms with Crippen molar-refractivity contribution in [2.45, 2.75) is 13.8 Å². The van der Waals surface area contributed by atoms with Gasteiger partial charge in [0.05, 0.1) is 0 Å². The molecule has 0 atom stereocenters. The Morgan fingerprint density at radius 3 is 2.48 bits per heavy atom. The summed E-state index contributed by atoms with van der Waals surface area (Å²) in [7, 11) is 0. The highest BCUT2D eigenvalue weighted by molar-refractivity contribution is 5.95. The third-order valence-corrected chi connectivity index (χ3v) is 5.35. The molecular formula is C24H26N4O. The number of anilines is 3. The lowest BCUT2D eigenvalue weighted by molar-refractivity contribution is 0.0746. The molecule has 1 amide bonds. The van der Waals surface area contributed by atoms with Crippen molar-refractivity contribution in [3.05, 3.63) is 83.6 Å². The Morgan fingerprint density at radius 2 is 1.72 bits per heavy atom. The summed E-state index contributed by atoms with van der Waals surface area (Å²) in [5.41, 5.74) is 5.28. The molecule has 1 N–H and O–H groups in total. The number of piperazine rings is 1. The van der Waals surface area contributed by atoms with Gasteiger partial charge in [-0.3, -0.25) is 4.79 Å². The number of hydrogen-bond donors (Lipinski definition) is 1. The van der Waals surface area contributed by atoms with E-state index in [1.165, 1.54) is 11.3 Å². The summed E-state index contributed by atoms with van der Waals surface area (Å²) in [5.74, 6) is 0.743. The van der Waals surface area contributed by atoms with Gasteiger partial charge in [0, 0.05) is 49.3 Å². The third kappa shape index (κ3) is 4.40. The minimum atomic E-state index is 0.0594. The molecule has 4 rings (SSSR count). The highest BCUT2D eigenvalue weighted by atomic mass is 16.2. The Hall–Kier alpha value is -3.34. The normalized spacial score (nSPS) is 14.0. The number of aryl methyl sites for hydroxylation is 2. The molecule has 1 aromatic heterocycles. The zero-order chi connectivity index (χ0) is 20.2. The number of amides is 1. The number of carbonyl (C=O) groups excluding carboxylic acids is 1. The lowest BCUT2D eigenvalue weighted by Gasteiger charge is -2.36. The van der Waals surface area contributed by atoms with Crippen LogP contribution in [0.1, 0.15) is 21.5 Å². The van der Waals surface area contributed by atoms with E-state index in [-0.39, 0.29) is 5.91 Å². The number of nitrogens with one attached hydrogen (secondary N) is 1. The smallest absolute Gasteiger partial charge is 0.254 e. The number of aromatic nitrogens is 1. The molecule has 1 aliphatic rings. The summed E-state index contributed by atoms with van der Waals surface area (Å²) in [6.07, 6.45) is 1.69. The second-order valence-corrected chi connectivity index (χ2v) is 7.49. The molecule has 0 radical (unpaired) electrons. The molecule has 3 aromatic rings. The fourth-order valence-electron chi connectivity index (χ4n) is 3.66. The first kappa shape index (κ1) is 19.0. The maximum absolute atomic E-state index is 13.0. The van der Waals surface area contributed by atoms with Crippen molar-refractivity contribution in [3.63, 3.8) is 0 Å². The zero-order valence-electron chi connectivity index (χ0n) is 16.9. The van der Waals surface area contributed by atoms with Gasteiger partial charge in [0.25, 0.3) is 5.91 Å². The topological polar surface area (TPSA) is 48.5 Å². The van der Waals surface area contributed by atoms with E-state index < -0.39 is 0 Å². The van der Waals surface area contributed by atoms with Crippen molar-refractivity contribution in [1.29, 1.82) is 0 Å². The molecule has 5 heteroatoms. The fraction of sp³-hybridized carbons (Fsp3) is 0.250. The lowest BCUT2D eigenvalue weighted by Crippen LogP contribution is -2.48. The van der Waals surface area contributed by atoms with Crippen LogP contribution in [0.2, 0.25) is 0 Å². The standard InChI is InChI=1S/C24H26N4O/c1-18-6-5-8-21(16-18)27-12-14-28(15-13-27)24(29)20-10-11-25-23(17-20)26-22-9-4-3-7-19(22)2/h3-11,16-17H,12-15H2,1-2H3,(H,25,26). The van der Waals surface area contributed by atoms with E-state index >= 15 is 0 Å². The second kappa shape index (κ2) is 8.35. The van der Waals surface area contributed by atoms with Gasteiger partial charge < -0.3 is 15.1 Å². The Labute approximate surface area is 172 Å². The van der Waals surface area contributed by atoms with E-state index in [4.69, 9.17) is 0 Å². The van der Waals surface area contributed by atoms with E-state index in [1.807, 2.05) is 42.2 Å². The average molecular weight is 386 g/mol. The molecule has 0 unspecified atom stereocenters. The molecule has 2 heterocycles. The second-order valence-electron chi connectivity index (χ2n) is 7.49. The van der Waals surface area contributed by atoms with Crippen molar-refractivity contribution < 1.29 is 4.79 Å². The van der Waals surface area contributed by atoms with E-state index in [2.05, 4.69) is 46.4 Å². The molecule has 0 bridgehead atoms. The Morgan fingerprint density at radius 1 is 0.931 bits per heavy atom. The molecule has 29 heavy (non-hydrogen) atoms. The number of nitrogens with zero attached hydrogens (tertiary/aromatic N) is 3. The zero-order valence-corrected chi connectivity index (χ0v) is 16.9. The Kier molecular flexibility index (Phi) is 5.47. The van der Waals surface area contributed by atoms with Crippen LogP contribution in [-0.4, -0.2) is 42.0 Å². The molecule has 148 valence electrons. The summed E-state index contributed by atoms with van der Waals surface area (Å²) < 4.78 is 0. The fourth-order valence-corrected chi connectivity index (χ4v) is 3.66. The quantitative estimate of drug-likeness (QED) is 0.722. The Bertz CT molecular complexity index is 1010. The summed E-state index contributed by atoms with van der Waals surface area (Å²) in [4.78, 5) is 21.7. The molecular weight excluding hydrogens is 360 g/mol. The lowest BCUT2D eigenvalue weighted by atomic mass is 10.1. The van der Waals surface area contributed by atoms with Crippen LogP contribution < -0.4 is 10.2 Å². The first-order valence-corrected chi connectivity index (χ1v) is 10.00. The van der Waals surface area contributed by atoms with Crippen molar-refractivity contribution in [1.82, 2.24) is 9.88 Å². The van der Waals surface area contributed by atoms with Gasteiger partial charge in [-0.15, -0.1) is 0 Å². The summed E-state index contributed by atoms with van der Waals surface area (Å²) in [6.45, 7) is 7.27. The Balaban J connectivity index is 1.42. The number of hydrogen-bond acceptors (Lipinski definition) is 4. The van der Waals surface area contributed by atoms with Crippen LogP contribution in [0.4, 0.5) is 17.2 Å². The first-order chi connectivity index (χ1) is 14.1. The van der Waals surface area contributed by atoms with Crippen LogP contribution in [-0.2, 0) is 0 Å². The van der Waals surface area contributed by atoms with Gasteiger partial charge in [-0.25, -0.2) is 4.98 Å². The highest BCUT2D eigenvalue weighted by Crippen LogP contribution is 2.21. The average Bonchev–Trinajstić information content (AvgIpc) is 2.75. The van der Waals surface area contributed by atoms with E-state index in [0.717, 1.165) is 37.4 Å². The molecule has 0 saturated carbocycles. The monoisotopic (exact) mass is 386 g/mol. The number of para-hydroxylation sites is 1. The van der Waals surface area contributed by atoms with Gasteiger partial charge in [0.15, 0.2) is 0 Å². The van der Waals surface area contributed by atoms with Crippen LogP contribution in [0.5, 0.6) is 0 Å². The molecule has 0 spiro atoms. The largest absolute Gasteiger partial charge is 0.368 e. The van der Waals surface area contributed by atoms with Gasteiger partial charge in [-0.05, 0) is 55.3 Å². The van der Waals surface area contributed by atoms with Crippen LogP contribution in [0.25, 0.3) is 0 Å². The first-order valence-electron chi connectivity index (χ1n) is 10.00. The van der Waals surface area contributed by atoms with Crippen LogP contribution in [0, 0.1) is 13.8 Å².